The molecule has 0 aliphatic carbocycles. The van der Waals surface area contributed by atoms with Crippen LogP contribution in [0.5, 0.6) is 0 Å². The molecular formula is C13H14ClNO4S. The molecule has 0 aromatic heterocycles. The Morgan fingerprint density at radius 2 is 2.05 bits per heavy atom. The van der Waals surface area contributed by atoms with Gasteiger partial charge in [0.1, 0.15) is 6.61 Å². The van der Waals surface area contributed by atoms with Crippen LogP contribution < -0.4 is 4.90 Å². The van der Waals surface area contributed by atoms with Gasteiger partial charge in [-0.1, -0.05) is 11.6 Å². The zero-order chi connectivity index (χ0) is 14.8. The van der Waals surface area contributed by atoms with E-state index in [0.717, 1.165) is 5.41 Å². The Balaban J connectivity index is 2.33. The first-order valence-electron chi connectivity index (χ1n) is 5.90. The van der Waals surface area contributed by atoms with Gasteiger partial charge in [0.2, 0.25) is 0 Å². The number of hydrogen-bond donors (Lipinski definition) is 0. The van der Waals surface area contributed by atoms with Gasteiger partial charge in [0.15, 0.2) is 9.84 Å². The number of sulfone groups is 1. The molecule has 20 heavy (non-hydrogen) atoms. The molecule has 0 unspecified atom stereocenters. The van der Waals surface area contributed by atoms with Crippen LogP contribution in [-0.4, -0.2) is 39.8 Å². The normalized spacial score (nSPS) is 20.0. The molecule has 1 aromatic carbocycles. The van der Waals surface area contributed by atoms with E-state index in [0.29, 0.717) is 10.7 Å². The summed E-state index contributed by atoms with van der Waals surface area (Å²) in [5.41, 5.74) is 0.586. The van der Waals surface area contributed by atoms with Crippen molar-refractivity contribution in [2.24, 2.45) is 0 Å². The zero-order valence-electron chi connectivity index (χ0n) is 10.8. The van der Waals surface area contributed by atoms with E-state index < -0.39 is 15.9 Å². The van der Waals surface area contributed by atoms with E-state index in [1.807, 2.05) is 0 Å². The SMILES string of the molecule is COCC(=O)N(c1ccc(Cl)cc1)[C@H]1C=CS(=O)(=O)C1. The Morgan fingerprint density at radius 3 is 2.55 bits per heavy atom. The largest absolute Gasteiger partial charge is 0.375 e. The van der Waals surface area contributed by atoms with Crippen LogP contribution in [0.2, 0.25) is 5.02 Å². The molecule has 1 heterocycles. The molecule has 0 radical (unpaired) electrons. The standard InChI is InChI=1S/C13H14ClNO4S/c1-19-8-13(16)15(11-4-2-10(14)3-5-11)12-6-7-20(17,18)9-12/h2-7,12H,8-9H2,1H3/t12-/m0/s1. The molecule has 0 saturated carbocycles. The van der Waals surface area contributed by atoms with Gasteiger partial charge in [0, 0.05) is 23.2 Å². The van der Waals surface area contributed by atoms with Gasteiger partial charge in [-0.3, -0.25) is 4.79 Å². The summed E-state index contributed by atoms with van der Waals surface area (Å²) in [4.78, 5) is 13.6. The molecule has 0 saturated heterocycles. The van der Waals surface area contributed by atoms with Crippen molar-refractivity contribution < 1.29 is 17.9 Å². The molecule has 0 N–H and O–H groups in total. The molecule has 1 aromatic rings. The Kier molecular flexibility index (Phi) is 4.47. The molecule has 2 rings (SSSR count). The molecule has 0 spiro atoms. The molecule has 1 amide bonds. The first-order chi connectivity index (χ1) is 9.43. The lowest BCUT2D eigenvalue weighted by Crippen LogP contribution is -2.43. The summed E-state index contributed by atoms with van der Waals surface area (Å²) in [6.07, 6.45) is 1.51. The number of halogens is 1. The van der Waals surface area contributed by atoms with Crippen molar-refractivity contribution in [2.45, 2.75) is 6.04 Å². The summed E-state index contributed by atoms with van der Waals surface area (Å²) >= 11 is 5.82. The summed E-state index contributed by atoms with van der Waals surface area (Å²) in [5.74, 6) is -0.424. The highest BCUT2D eigenvalue weighted by Gasteiger charge is 2.31. The number of rotatable bonds is 4. The van der Waals surface area contributed by atoms with Crippen LogP contribution in [0.3, 0.4) is 0 Å². The third kappa shape index (κ3) is 3.39. The number of carbonyl (C=O) groups is 1. The molecule has 5 nitrogen and oxygen atoms in total. The van der Waals surface area contributed by atoms with E-state index >= 15 is 0 Å². The summed E-state index contributed by atoms with van der Waals surface area (Å²) in [5, 5.41) is 1.68. The first-order valence-corrected chi connectivity index (χ1v) is 8.00. The van der Waals surface area contributed by atoms with Crippen LogP contribution in [0, 0.1) is 0 Å². The Labute approximate surface area is 122 Å². The van der Waals surface area contributed by atoms with E-state index in [-0.39, 0.29) is 18.3 Å². The van der Waals surface area contributed by atoms with Crippen molar-refractivity contribution in [3.8, 4) is 0 Å². The van der Waals surface area contributed by atoms with Crippen LogP contribution >= 0.6 is 11.6 Å². The predicted molar refractivity (Wildman–Crippen MR) is 77.5 cm³/mol. The minimum atomic E-state index is -3.25. The smallest absolute Gasteiger partial charge is 0.253 e. The van der Waals surface area contributed by atoms with Gasteiger partial charge in [0.05, 0.1) is 11.8 Å². The monoisotopic (exact) mass is 315 g/mol. The van der Waals surface area contributed by atoms with Gasteiger partial charge in [-0.25, -0.2) is 8.42 Å². The lowest BCUT2D eigenvalue weighted by atomic mass is 10.2. The quantitative estimate of drug-likeness (QED) is 0.847. The van der Waals surface area contributed by atoms with Crippen LogP contribution in [0.25, 0.3) is 0 Å². The predicted octanol–water partition coefficient (Wildman–Crippen LogP) is 1.63. The van der Waals surface area contributed by atoms with Crippen LogP contribution in [0.1, 0.15) is 0 Å². The molecule has 1 aliphatic rings. The third-order valence-electron chi connectivity index (χ3n) is 2.88. The Hall–Kier alpha value is -1.37. The topological polar surface area (TPSA) is 63.7 Å². The minimum absolute atomic E-state index is 0.118. The zero-order valence-corrected chi connectivity index (χ0v) is 12.4. The average molecular weight is 316 g/mol. The number of carbonyl (C=O) groups excluding carboxylic acids is 1. The van der Waals surface area contributed by atoms with Crippen molar-refractivity contribution in [3.63, 3.8) is 0 Å². The average Bonchev–Trinajstić information content (AvgIpc) is 2.73. The van der Waals surface area contributed by atoms with Gasteiger partial charge in [-0.15, -0.1) is 0 Å². The number of hydrogen-bond acceptors (Lipinski definition) is 4. The van der Waals surface area contributed by atoms with Crippen LogP contribution in [-0.2, 0) is 19.4 Å². The van der Waals surface area contributed by atoms with Crippen LogP contribution in [0.15, 0.2) is 35.7 Å². The fourth-order valence-corrected chi connectivity index (χ4v) is 3.43. The lowest BCUT2D eigenvalue weighted by molar-refractivity contribution is -0.122. The Morgan fingerprint density at radius 1 is 1.40 bits per heavy atom. The fourth-order valence-electron chi connectivity index (χ4n) is 2.04. The number of ether oxygens (including phenoxy) is 1. The summed E-state index contributed by atoms with van der Waals surface area (Å²) < 4.78 is 27.9. The molecule has 1 aliphatic heterocycles. The Bertz CT molecular complexity index is 624. The number of methoxy groups -OCH3 is 1. The van der Waals surface area contributed by atoms with Crippen molar-refractivity contribution in [1.29, 1.82) is 0 Å². The highest BCUT2D eigenvalue weighted by Crippen LogP contribution is 2.24. The molecule has 7 heteroatoms. The highest BCUT2D eigenvalue weighted by molar-refractivity contribution is 7.94. The second-order valence-electron chi connectivity index (χ2n) is 4.40. The van der Waals surface area contributed by atoms with Crippen molar-refractivity contribution in [2.75, 3.05) is 24.4 Å². The maximum atomic E-state index is 12.2. The number of nitrogens with zero attached hydrogens (tertiary/aromatic N) is 1. The van der Waals surface area contributed by atoms with E-state index in [4.69, 9.17) is 16.3 Å². The van der Waals surface area contributed by atoms with Crippen molar-refractivity contribution in [3.05, 3.63) is 40.8 Å². The molecule has 0 bridgehead atoms. The fraction of sp³-hybridized carbons (Fsp3) is 0.308. The molecule has 0 fully saturated rings. The van der Waals surface area contributed by atoms with Gasteiger partial charge in [-0.05, 0) is 30.3 Å². The maximum absolute atomic E-state index is 12.2. The second kappa shape index (κ2) is 5.95. The first kappa shape index (κ1) is 15.0. The molecule has 108 valence electrons. The highest BCUT2D eigenvalue weighted by atomic mass is 35.5. The second-order valence-corrected chi connectivity index (χ2v) is 6.77. The van der Waals surface area contributed by atoms with E-state index in [2.05, 4.69) is 0 Å². The van der Waals surface area contributed by atoms with Gasteiger partial charge in [0.25, 0.3) is 5.91 Å². The summed E-state index contributed by atoms with van der Waals surface area (Å²) in [6, 6.07) is 6.13. The van der Waals surface area contributed by atoms with Gasteiger partial charge in [-0.2, -0.15) is 0 Å². The summed E-state index contributed by atoms with van der Waals surface area (Å²) in [6.45, 7) is -0.118. The molecule has 1 atom stereocenters. The maximum Gasteiger partial charge on any atom is 0.253 e. The van der Waals surface area contributed by atoms with Gasteiger partial charge < -0.3 is 9.64 Å². The van der Waals surface area contributed by atoms with E-state index in [9.17, 15) is 13.2 Å². The minimum Gasteiger partial charge on any atom is -0.375 e. The van der Waals surface area contributed by atoms with Crippen LogP contribution in [0.4, 0.5) is 5.69 Å². The third-order valence-corrected chi connectivity index (χ3v) is 4.51. The van der Waals surface area contributed by atoms with Crippen molar-refractivity contribution >= 4 is 33.0 Å². The van der Waals surface area contributed by atoms with E-state index in [1.54, 1.807) is 24.3 Å². The number of amides is 1. The molecular weight excluding hydrogens is 302 g/mol. The summed E-state index contributed by atoms with van der Waals surface area (Å²) in [7, 11) is -1.83. The number of anilines is 1. The lowest BCUT2D eigenvalue weighted by Gasteiger charge is -2.27. The van der Waals surface area contributed by atoms with Gasteiger partial charge >= 0.3 is 0 Å². The van der Waals surface area contributed by atoms with Crippen molar-refractivity contribution in [1.82, 2.24) is 0 Å². The van der Waals surface area contributed by atoms with E-state index in [1.165, 1.54) is 18.1 Å². The number of benzene rings is 1.